The van der Waals surface area contributed by atoms with E-state index < -0.39 is 0 Å². The SMILES string of the molecule is CCCC1CCC(NCc2cncn2C)CC1. The van der Waals surface area contributed by atoms with Crippen LogP contribution in [0.1, 0.15) is 51.1 Å². The number of hydrogen-bond acceptors (Lipinski definition) is 2. The van der Waals surface area contributed by atoms with Crippen LogP contribution in [0.3, 0.4) is 0 Å². The topological polar surface area (TPSA) is 29.9 Å². The lowest BCUT2D eigenvalue weighted by Gasteiger charge is -2.29. The Bertz CT molecular complexity index is 324. The maximum atomic E-state index is 4.14. The van der Waals surface area contributed by atoms with Gasteiger partial charge in [-0.25, -0.2) is 4.98 Å². The number of imidazole rings is 1. The number of nitrogens with zero attached hydrogens (tertiary/aromatic N) is 2. The number of rotatable bonds is 5. The zero-order chi connectivity index (χ0) is 12.1. The first-order chi connectivity index (χ1) is 8.29. The molecule has 1 aliphatic rings. The van der Waals surface area contributed by atoms with E-state index in [1.165, 1.54) is 44.2 Å². The van der Waals surface area contributed by atoms with E-state index in [-0.39, 0.29) is 0 Å². The van der Waals surface area contributed by atoms with Gasteiger partial charge in [0.25, 0.3) is 0 Å². The minimum absolute atomic E-state index is 0.720. The van der Waals surface area contributed by atoms with Gasteiger partial charge in [0.1, 0.15) is 0 Å². The van der Waals surface area contributed by atoms with Gasteiger partial charge in [-0.1, -0.05) is 19.8 Å². The molecule has 1 N–H and O–H groups in total. The van der Waals surface area contributed by atoms with Gasteiger partial charge in [-0.3, -0.25) is 0 Å². The van der Waals surface area contributed by atoms with Crippen molar-refractivity contribution < 1.29 is 0 Å². The Morgan fingerprint density at radius 3 is 2.71 bits per heavy atom. The fraction of sp³-hybridized carbons (Fsp3) is 0.786. The van der Waals surface area contributed by atoms with Crippen molar-refractivity contribution in [2.24, 2.45) is 13.0 Å². The van der Waals surface area contributed by atoms with Crippen LogP contribution >= 0.6 is 0 Å². The van der Waals surface area contributed by atoms with E-state index in [2.05, 4.69) is 28.8 Å². The molecular formula is C14H25N3. The summed E-state index contributed by atoms with van der Waals surface area (Å²) in [6, 6.07) is 0.720. The third kappa shape index (κ3) is 3.56. The van der Waals surface area contributed by atoms with Crippen LogP contribution in [0.25, 0.3) is 0 Å². The highest BCUT2D eigenvalue weighted by atomic mass is 15.0. The van der Waals surface area contributed by atoms with Crippen molar-refractivity contribution in [3.8, 4) is 0 Å². The second-order valence-corrected chi connectivity index (χ2v) is 5.38. The molecule has 2 rings (SSSR count). The Labute approximate surface area is 105 Å². The highest BCUT2D eigenvalue weighted by Crippen LogP contribution is 2.27. The standard InChI is InChI=1S/C14H25N3/c1-3-4-12-5-7-13(8-6-12)16-10-14-9-15-11-17(14)2/h9,11-13,16H,3-8,10H2,1-2H3. The normalized spacial score (nSPS) is 25.1. The van der Waals surface area contributed by atoms with Gasteiger partial charge in [0.15, 0.2) is 0 Å². The Balaban J connectivity index is 1.70. The molecular weight excluding hydrogens is 210 g/mol. The van der Waals surface area contributed by atoms with E-state index >= 15 is 0 Å². The van der Waals surface area contributed by atoms with Gasteiger partial charge in [-0.2, -0.15) is 0 Å². The van der Waals surface area contributed by atoms with E-state index in [0.29, 0.717) is 0 Å². The Kier molecular flexibility index (Phi) is 4.60. The van der Waals surface area contributed by atoms with E-state index in [1.54, 1.807) is 0 Å². The summed E-state index contributed by atoms with van der Waals surface area (Å²) in [7, 11) is 2.06. The highest BCUT2D eigenvalue weighted by molar-refractivity contribution is 4.97. The lowest BCUT2D eigenvalue weighted by molar-refractivity contribution is 0.276. The summed E-state index contributed by atoms with van der Waals surface area (Å²) >= 11 is 0. The third-order valence-electron chi connectivity index (χ3n) is 4.03. The molecule has 0 saturated heterocycles. The number of hydrogen-bond donors (Lipinski definition) is 1. The Hall–Kier alpha value is -0.830. The van der Waals surface area contributed by atoms with Gasteiger partial charge in [-0.15, -0.1) is 0 Å². The van der Waals surface area contributed by atoms with Crippen molar-refractivity contribution in [2.75, 3.05) is 0 Å². The summed E-state index contributed by atoms with van der Waals surface area (Å²) in [5, 5.41) is 3.67. The van der Waals surface area contributed by atoms with Gasteiger partial charge in [0, 0.05) is 25.8 Å². The average Bonchev–Trinajstić information content (AvgIpc) is 2.75. The third-order valence-corrected chi connectivity index (χ3v) is 4.03. The summed E-state index contributed by atoms with van der Waals surface area (Å²) in [5.74, 6) is 0.995. The average molecular weight is 235 g/mol. The Morgan fingerprint density at radius 1 is 1.35 bits per heavy atom. The van der Waals surface area contributed by atoms with Gasteiger partial charge in [0.2, 0.25) is 0 Å². The second kappa shape index (κ2) is 6.20. The van der Waals surface area contributed by atoms with Crippen LogP contribution in [0.2, 0.25) is 0 Å². The quantitative estimate of drug-likeness (QED) is 0.850. The molecule has 3 heteroatoms. The largest absolute Gasteiger partial charge is 0.337 e. The molecule has 3 nitrogen and oxygen atoms in total. The van der Waals surface area contributed by atoms with Crippen molar-refractivity contribution in [1.82, 2.24) is 14.9 Å². The van der Waals surface area contributed by atoms with Crippen LogP contribution in [0.15, 0.2) is 12.5 Å². The van der Waals surface area contributed by atoms with Crippen LogP contribution in [0, 0.1) is 5.92 Å². The number of aromatic nitrogens is 2. The molecule has 0 aromatic carbocycles. The van der Waals surface area contributed by atoms with Crippen molar-refractivity contribution in [2.45, 2.75) is 58.0 Å². The zero-order valence-electron chi connectivity index (χ0n) is 11.2. The van der Waals surface area contributed by atoms with Crippen molar-refractivity contribution in [1.29, 1.82) is 0 Å². The highest BCUT2D eigenvalue weighted by Gasteiger charge is 2.20. The predicted molar refractivity (Wildman–Crippen MR) is 70.7 cm³/mol. The van der Waals surface area contributed by atoms with Crippen molar-refractivity contribution in [3.05, 3.63) is 18.2 Å². The van der Waals surface area contributed by atoms with Crippen molar-refractivity contribution >= 4 is 0 Å². The lowest BCUT2D eigenvalue weighted by Crippen LogP contribution is -2.33. The first-order valence-electron chi connectivity index (χ1n) is 6.98. The molecule has 96 valence electrons. The van der Waals surface area contributed by atoms with Crippen LogP contribution < -0.4 is 5.32 Å². The molecule has 1 fully saturated rings. The molecule has 1 aliphatic carbocycles. The summed E-state index contributed by atoms with van der Waals surface area (Å²) in [5.41, 5.74) is 1.28. The smallest absolute Gasteiger partial charge is 0.0945 e. The fourth-order valence-corrected chi connectivity index (χ4v) is 2.87. The maximum absolute atomic E-state index is 4.14. The molecule has 0 aliphatic heterocycles. The fourth-order valence-electron chi connectivity index (χ4n) is 2.87. The molecule has 0 atom stereocenters. The Morgan fingerprint density at radius 2 is 2.12 bits per heavy atom. The van der Waals surface area contributed by atoms with E-state index in [1.807, 2.05) is 12.5 Å². The summed E-state index contributed by atoms with van der Waals surface area (Å²) in [6.07, 6.45) is 12.1. The predicted octanol–water partition coefficient (Wildman–Crippen LogP) is 2.87. The van der Waals surface area contributed by atoms with Gasteiger partial charge in [-0.05, 0) is 31.6 Å². The number of aryl methyl sites for hydroxylation is 1. The van der Waals surface area contributed by atoms with Crippen molar-refractivity contribution in [3.63, 3.8) is 0 Å². The molecule has 1 heterocycles. The number of nitrogens with one attached hydrogen (secondary N) is 1. The monoisotopic (exact) mass is 235 g/mol. The first kappa shape index (κ1) is 12.6. The molecule has 0 spiro atoms. The summed E-state index contributed by atoms with van der Waals surface area (Å²) < 4.78 is 2.09. The summed E-state index contributed by atoms with van der Waals surface area (Å²) in [4.78, 5) is 4.14. The minimum Gasteiger partial charge on any atom is -0.337 e. The van der Waals surface area contributed by atoms with Gasteiger partial charge >= 0.3 is 0 Å². The molecule has 1 saturated carbocycles. The summed E-state index contributed by atoms with van der Waals surface area (Å²) in [6.45, 7) is 3.26. The molecule has 1 aromatic heterocycles. The van der Waals surface area contributed by atoms with E-state index in [4.69, 9.17) is 0 Å². The second-order valence-electron chi connectivity index (χ2n) is 5.38. The zero-order valence-corrected chi connectivity index (χ0v) is 11.2. The van der Waals surface area contributed by atoms with E-state index in [0.717, 1.165) is 18.5 Å². The molecule has 0 radical (unpaired) electrons. The molecule has 17 heavy (non-hydrogen) atoms. The van der Waals surface area contributed by atoms with Gasteiger partial charge in [0.05, 0.1) is 12.0 Å². The van der Waals surface area contributed by atoms with Gasteiger partial charge < -0.3 is 9.88 Å². The molecule has 0 bridgehead atoms. The maximum Gasteiger partial charge on any atom is 0.0945 e. The first-order valence-corrected chi connectivity index (χ1v) is 6.98. The van der Waals surface area contributed by atoms with Crippen LogP contribution in [0.5, 0.6) is 0 Å². The van der Waals surface area contributed by atoms with Crippen LogP contribution in [-0.2, 0) is 13.6 Å². The minimum atomic E-state index is 0.720. The van der Waals surface area contributed by atoms with Crippen LogP contribution in [0.4, 0.5) is 0 Å². The van der Waals surface area contributed by atoms with E-state index in [9.17, 15) is 0 Å². The molecule has 0 amide bonds. The lowest BCUT2D eigenvalue weighted by atomic mass is 9.83. The molecule has 1 aromatic rings. The molecule has 0 unspecified atom stereocenters. The van der Waals surface area contributed by atoms with Crippen LogP contribution in [-0.4, -0.2) is 15.6 Å².